The minimum Gasteiger partial charge on any atom is -0.497 e. The molecule has 41 heavy (non-hydrogen) atoms. The Hall–Kier alpha value is -3.58. The van der Waals surface area contributed by atoms with Crippen LogP contribution in [0.1, 0.15) is 37.3 Å². The summed E-state index contributed by atoms with van der Waals surface area (Å²) in [6.45, 7) is 4.17. The molecule has 1 aliphatic rings. The first-order valence-corrected chi connectivity index (χ1v) is 15.1. The average molecular weight is 620 g/mol. The summed E-state index contributed by atoms with van der Waals surface area (Å²) in [5.74, 6) is 2.05. The zero-order valence-electron chi connectivity index (χ0n) is 24.1. The molecule has 0 radical (unpaired) electrons. The van der Waals surface area contributed by atoms with E-state index in [1.165, 1.54) is 32.7 Å². The van der Waals surface area contributed by atoms with Crippen LogP contribution in [0.2, 0.25) is 0 Å². The molecule has 7 heteroatoms. The standard InChI is InChI=1S/C18H21NO2.C16H18BrNO2/c1-21-16-9-8-14-5-4-6-15(17(14)13-16)10-12-19-11-3-2-7-18(19)20;1-11(17)16(19)18-9-8-13-5-3-4-12-6-7-14(20-2)10-15(12)13/h4-6,8-9,13H,2-3,7,10-12H2,1H3;3-7,10-11H,8-9H2,1-2H3,(H,18,19). The molecule has 0 bridgehead atoms. The molecule has 1 aliphatic heterocycles. The van der Waals surface area contributed by atoms with Crippen molar-refractivity contribution < 1.29 is 19.1 Å². The van der Waals surface area contributed by atoms with Crippen molar-refractivity contribution in [2.75, 3.05) is 33.9 Å². The second-order valence-electron chi connectivity index (χ2n) is 10.3. The first-order chi connectivity index (χ1) is 19.9. The number of hydrogen-bond donors (Lipinski definition) is 1. The van der Waals surface area contributed by atoms with Gasteiger partial charge in [-0.15, -0.1) is 0 Å². The Morgan fingerprint density at radius 3 is 2.00 bits per heavy atom. The van der Waals surface area contributed by atoms with Gasteiger partial charge in [-0.3, -0.25) is 9.59 Å². The van der Waals surface area contributed by atoms with Crippen molar-refractivity contribution in [1.29, 1.82) is 0 Å². The monoisotopic (exact) mass is 618 g/mol. The van der Waals surface area contributed by atoms with Crippen LogP contribution < -0.4 is 14.8 Å². The highest BCUT2D eigenvalue weighted by Gasteiger charge is 2.17. The van der Waals surface area contributed by atoms with E-state index in [2.05, 4.69) is 69.8 Å². The summed E-state index contributed by atoms with van der Waals surface area (Å²) < 4.78 is 10.6. The van der Waals surface area contributed by atoms with E-state index >= 15 is 0 Å². The minimum absolute atomic E-state index is 0.0165. The SMILES string of the molecule is COc1ccc2cccc(CCN3CCCCC3=O)c2c1.COc1ccc2cccc(CCNC(=O)C(C)Br)c2c1. The van der Waals surface area contributed by atoms with E-state index in [1.54, 1.807) is 14.2 Å². The molecule has 0 spiro atoms. The summed E-state index contributed by atoms with van der Waals surface area (Å²) in [5, 5.41) is 7.71. The maximum atomic E-state index is 11.9. The zero-order valence-corrected chi connectivity index (χ0v) is 25.7. The highest BCUT2D eigenvalue weighted by Crippen LogP contribution is 2.26. The van der Waals surface area contributed by atoms with Gasteiger partial charge in [-0.25, -0.2) is 0 Å². The van der Waals surface area contributed by atoms with E-state index in [-0.39, 0.29) is 10.7 Å². The van der Waals surface area contributed by atoms with Crippen LogP contribution in [0.5, 0.6) is 11.5 Å². The van der Waals surface area contributed by atoms with Gasteiger partial charge in [-0.2, -0.15) is 0 Å². The molecule has 6 nitrogen and oxygen atoms in total. The Kier molecular flexibility index (Phi) is 11.0. The van der Waals surface area contributed by atoms with Crippen LogP contribution in [0.15, 0.2) is 72.8 Å². The zero-order chi connectivity index (χ0) is 29.2. The largest absolute Gasteiger partial charge is 0.497 e. The lowest BCUT2D eigenvalue weighted by atomic mass is 10.0. The molecule has 1 unspecified atom stereocenters. The van der Waals surface area contributed by atoms with E-state index in [9.17, 15) is 9.59 Å². The fraction of sp³-hybridized carbons (Fsp3) is 0.353. The minimum atomic E-state index is -0.157. The fourth-order valence-corrected chi connectivity index (χ4v) is 5.30. The first kappa shape index (κ1) is 30.4. The maximum Gasteiger partial charge on any atom is 0.233 e. The van der Waals surface area contributed by atoms with Crippen molar-refractivity contribution >= 4 is 49.3 Å². The molecule has 2 amide bonds. The molecule has 0 aliphatic carbocycles. The lowest BCUT2D eigenvalue weighted by Gasteiger charge is -2.26. The highest BCUT2D eigenvalue weighted by atomic mass is 79.9. The number of nitrogens with zero attached hydrogens (tertiary/aromatic N) is 1. The van der Waals surface area contributed by atoms with Gasteiger partial charge in [-0.1, -0.05) is 64.5 Å². The molecular formula is C34H39BrN2O4. The first-order valence-electron chi connectivity index (χ1n) is 14.2. The van der Waals surface area contributed by atoms with Gasteiger partial charge in [0, 0.05) is 26.1 Å². The second-order valence-corrected chi connectivity index (χ2v) is 11.6. The van der Waals surface area contributed by atoms with Crippen molar-refractivity contribution in [3.63, 3.8) is 0 Å². The van der Waals surface area contributed by atoms with Crippen LogP contribution in [0.3, 0.4) is 0 Å². The Morgan fingerprint density at radius 2 is 1.46 bits per heavy atom. The van der Waals surface area contributed by atoms with Gasteiger partial charge in [0.05, 0.1) is 19.0 Å². The molecule has 1 N–H and O–H groups in total. The molecular weight excluding hydrogens is 580 g/mol. The van der Waals surface area contributed by atoms with Crippen LogP contribution in [-0.4, -0.2) is 55.4 Å². The fourth-order valence-electron chi connectivity index (χ4n) is 5.14. The highest BCUT2D eigenvalue weighted by molar-refractivity contribution is 9.10. The lowest BCUT2D eigenvalue weighted by molar-refractivity contribution is -0.133. The number of amides is 2. The molecule has 4 aromatic carbocycles. The number of nitrogens with one attached hydrogen (secondary N) is 1. The summed E-state index contributed by atoms with van der Waals surface area (Å²) in [6, 6.07) is 24.8. The van der Waals surface area contributed by atoms with Crippen LogP contribution in [-0.2, 0) is 22.4 Å². The van der Waals surface area contributed by atoms with Crippen LogP contribution in [0, 0.1) is 0 Å². The van der Waals surface area contributed by atoms with Crippen molar-refractivity contribution in [3.05, 3.63) is 83.9 Å². The summed E-state index contributed by atoms with van der Waals surface area (Å²) >= 11 is 3.26. The molecule has 4 aromatic rings. The van der Waals surface area contributed by atoms with E-state index in [0.29, 0.717) is 18.9 Å². The van der Waals surface area contributed by atoms with Crippen LogP contribution >= 0.6 is 15.9 Å². The van der Waals surface area contributed by atoms with Crippen molar-refractivity contribution in [2.45, 2.75) is 43.9 Å². The molecule has 1 atom stereocenters. The number of fused-ring (bicyclic) bond motifs is 2. The van der Waals surface area contributed by atoms with Gasteiger partial charge in [0.2, 0.25) is 11.8 Å². The van der Waals surface area contributed by atoms with E-state index in [1.807, 2.05) is 36.1 Å². The number of piperidine rings is 1. The molecule has 1 fully saturated rings. The molecule has 0 saturated carbocycles. The number of carbonyl (C=O) groups is 2. The predicted molar refractivity (Wildman–Crippen MR) is 170 cm³/mol. The van der Waals surface area contributed by atoms with Crippen molar-refractivity contribution in [1.82, 2.24) is 10.2 Å². The molecule has 0 aromatic heterocycles. The Bertz CT molecular complexity index is 1490. The summed E-state index contributed by atoms with van der Waals surface area (Å²) in [7, 11) is 3.36. The quantitative estimate of drug-likeness (QED) is 0.212. The predicted octanol–water partition coefficient (Wildman–Crippen LogP) is 6.69. The number of ether oxygens (including phenoxy) is 2. The number of likely N-dealkylation sites (tertiary alicyclic amines) is 1. The molecule has 1 saturated heterocycles. The normalized spacial score (nSPS) is 13.9. The van der Waals surface area contributed by atoms with Gasteiger partial charge >= 0.3 is 0 Å². The van der Waals surface area contributed by atoms with E-state index in [0.717, 1.165) is 50.3 Å². The Labute approximate surface area is 251 Å². The van der Waals surface area contributed by atoms with Crippen molar-refractivity contribution in [2.24, 2.45) is 0 Å². The number of halogens is 1. The van der Waals surface area contributed by atoms with Crippen LogP contribution in [0.25, 0.3) is 21.5 Å². The van der Waals surface area contributed by atoms with E-state index in [4.69, 9.17) is 9.47 Å². The number of hydrogen-bond acceptors (Lipinski definition) is 4. The Morgan fingerprint density at radius 1 is 0.878 bits per heavy atom. The van der Waals surface area contributed by atoms with Gasteiger partial charge < -0.3 is 19.7 Å². The number of methoxy groups -OCH3 is 2. The third kappa shape index (κ3) is 8.23. The van der Waals surface area contributed by atoms with Gasteiger partial charge in [-0.05, 0) is 89.5 Å². The van der Waals surface area contributed by atoms with Gasteiger partial charge in [0.25, 0.3) is 0 Å². The smallest absolute Gasteiger partial charge is 0.233 e. The van der Waals surface area contributed by atoms with Crippen molar-refractivity contribution in [3.8, 4) is 11.5 Å². The van der Waals surface area contributed by atoms with E-state index < -0.39 is 0 Å². The molecule has 5 rings (SSSR count). The summed E-state index contributed by atoms with van der Waals surface area (Å²) in [6.07, 6.45) is 4.59. The molecule has 216 valence electrons. The van der Waals surface area contributed by atoms with Crippen LogP contribution in [0.4, 0.5) is 0 Å². The number of alkyl halides is 1. The molecule has 1 heterocycles. The summed E-state index contributed by atoms with van der Waals surface area (Å²) in [5.41, 5.74) is 2.49. The topological polar surface area (TPSA) is 67.9 Å². The number of benzene rings is 4. The summed E-state index contributed by atoms with van der Waals surface area (Å²) in [4.78, 5) is 25.2. The average Bonchev–Trinajstić information content (AvgIpc) is 3.00. The Balaban J connectivity index is 0.000000189. The maximum absolute atomic E-state index is 11.9. The number of rotatable bonds is 9. The second kappa shape index (κ2) is 14.9. The van der Waals surface area contributed by atoms with Gasteiger partial charge in [0.1, 0.15) is 11.5 Å². The third-order valence-corrected chi connectivity index (χ3v) is 7.90. The third-order valence-electron chi connectivity index (χ3n) is 7.49. The van der Waals surface area contributed by atoms with Gasteiger partial charge in [0.15, 0.2) is 0 Å². The number of carbonyl (C=O) groups excluding carboxylic acids is 2. The lowest BCUT2D eigenvalue weighted by Crippen LogP contribution is -2.36.